The van der Waals surface area contributed by atoms with E-state index >= 15 is 0 Å². The average Bonchev–Trinajstić information content (AvgIpc) is 2.70. The molecule has 1 heterocycles. The summed E-state index contributed by atoms with van der Waals surface area (Å²) in [6, 6.07) is 6.65. The van der Waals surface area contributed by atoms with Crippen molar-refractivity contribution in [1.82, 2.24) is 5.32 Å². The molecule has 1 amide bonds. The number of anilines is 1. The van der Waals surface area contributed by atoms with Crippen LogP contribution in [0, 0.1) is 20.8 Å². The zero-order valence-corrected chi connectivity index (χ0v) is 15.2. The minimum atomic E-state index is -3.34. The maximum atomic E-state index is 12.5. The van der Waals surface area contributed by atoms with Crippen LogP contribution in [0.15, 0.2) is 28.7 Å². The van der Waals surface area contributed by atoms with Gasteiger partial charge >= 0.3 is 0 Å². The van der Waals surface area contributed by atoms with E-state index < -0.39 is 10.0 Å². The first-order valence-electron chi connectivity index (χ1n) is 7.53. The van der Waals surface area contributed by atoms with Crippen LogP contribution < -0.4 is 10.0 Å². The number of sulfonamides is 1. The summed E-state index contributed by atoms with van der Waals surface area (Å²) in [4.78, 5) is 12.5. The molecule has 7 heteroatoms. The first-order chi connectivity index (χ1) is 11.1. The molecule has 0 spiro atoms. The molecule has 2 aromatic rings. The van der Waals surface area contributed by atoms with E-state index in [0.29, 0.717) is 17.0 Å². The summed E-state index contributed by atoms with van der Waals surface area (Å²) < 4.78 is 30.6. The van der Waals surface area contributed by atoms with Crippen LogP contribution in [0.1, 0.15) is 46.0 Å². The maximum Gasteiger partial charge on any atom is 0.255 e. The van der Waals surface area contributed by atoms with E-state index in [4.69, 9.17) is 4.42 Å². The molecule has 0 radical (unpaired) electrons. The number of nitrogens with one attached hydrogen (secondary N) is 2. The van der Waals surface area contributed by atoms with Crippen LogP contribution in [0.2, 0.25) is 0 Å². The van der Waals surface area contributed by atoms with Crippen LogP contribution >= 0.6 is 0 Å². The van der Waals surface area contributed by atoms with Crippen LogP contribution in [-0.4, -0.2) is 20.6 Å². The number of benzene rings is 1. The van der Waals surface area contributed by atoms with Gasteiger partial charge in [0.05, 0.1) is 17.9 Å². The molecule has 1 atom stereocenters. The molecule has 0 fully saturated rings. The van der Waals surface area contributed by atoms with Gasteiger partial charge in [0.2, 0.25) is 10.0 Å². The monoisotopic (exact) mass is 350 g/mol. The van der Waals surface area contributed by atoms with Crippen molar-refractivity contribution in [2.45, 2.75) is 33.7 Å². The van der Waals surface area contributed by atoms with Gasteiger partial charge in [-0.3, -0.25) is 9.52 Å². The first kappa shape index (κ1) is 18.1. The Kier molecular flexibility index (Phi) is 5.03. The molecule has 0 bridgehead atoms. The van der Waals surface area contributed by atoms with E-state index in [1.165, 1.54) is 0 Å². The summed E-state index contributed by atoms with van der Waals surface area (Å²) in [5, 5.41) is 2.92. The number of carbonyl (C=O) groups excluding carboxylic acids is 1. The average molecular weight is 350 g/mol. The molecule has 24 heavy (non-hydrogen) atoms. The molecule has 0 saturated heterocycles. The quantitative estimate of drug-likeness (QED) is 0.867. The maximum absolute atomic E-state index is 12.5. The summed E-state index contributed by atoms with van der Waals surface area (Å²) in [5.41, 5.74) is 2.63. The SMILES string of the molecule is Cc1oc(C)c(C(=O)NC(C)c2cccc(NS(C)(=O)=O)c2)c1C. The lowest BCUT2D eigenvalue weighted by Crippen LogP contribution is -2.27. The van der Waals surface area contributed by atoms with Crippen LogP contribution in [0.5, 0.6) is 0 Å². The third-order valence-electron chi connectivity index (χ3n) is 3.83. The largest absolute Gasteiger partial charge is 0.466 e. The smallest absolute Gasteiger partial charge is 0.255 e. The zero-order valence-electron chi connectivity index (χ0n) is 14.4. The fourth-order valence-electron chi connectivity index (χ4n) is 2.57. The lowest BCUT2D eigenvalue weighted by Gasteiger charge is -2.16. The van der Waals surface area contributed by atoms with Crippen molar-refractivity contribution in [2.75, 3.05) is 11.0 Å². The number of carbonyl (C=O) groups is 1. The molecule has 1 aromatic carbocycles. The molecule has 6 nitrogen and oxygen atoms in total. The number of aryl methyl sites for hydroxylation is 2. The predicted molar refractivity (Wildman–Crippen MR) is 93.7 cm³/mol. The van der Waals surface area contributed by atoms with Gasteiger partial charge in [0.15, 0.2) is 0 Å². The minimum Gasteiger partial charge on any atom is -0.466 e. The van der Waals surface area contributed by atoms with Crippen molar-refractivity contribution >= 4 is 21.6 Å². The summed E-state index contributed by atoms with van der Waals surface area (Å²) in [6.45, 7) is 7.27. The van der Waals surface area contributed by atoms with Crippen molar-refractivity contribution in [2.24, 2.45) is 0 Å². The van der Waals surface area contributed by atoms with Gasteiger partial charge in [0.25, 0.3) is 5.91 Å². The minimum absolute atomic E-state index is 0.212. The Balaban J connectivity index is 2.19. The Morgan fingerprint density at radius 2 is 1.83 bits per heavy atom. The topological polar surface area (TPSA) is 88.4 Å². The van der Waals surface area contributed by atoms with Crippen LogP contribution in [-0.2, 0) is 10.0 Å². The van der Waals surface area contributed by atoms with Crippen LogP contribution in [0.4, 0.5) is 5.69 Å². The Hall–Kier alpha value is -2.28. The fourth-order valence-corrected chi connectivity index (χ4v) is 3.12. The van der Waals surface area contributed by atoms with Crippen molar-refractivity contribution in [3.8, 4) is 0 Å². The highest BCUT2D eigenvalue weighted by atomic mass is 32.2. The van der Waals surface area contributed by atoms with Gasteiger partial charge < -0.3 is 9.73 Å². The molecule has 0 aliphatic rings. The third kappa shape index (κ3) is 4.17. The normalized spacial score (nSPS) is 12.7. The number of furan rings is 1. The highest BCUT2D eigenvalue weighted by Gasteiger charge is 2.20. The molecule has 1 aromatic heterocycles. The van der Waals surface area contributed by atoms with Crippen molar-refractivity contribution in [1.29, 1.82) is 0 Å². The first-order valence-corrected chi connectivity index (χ1v) is 9.43. The van der Waals surface area contributed by atoms with E-state index in [2.05, 4.69) is 10.0 Å². The van der Waals surface area contributed by atoms with Gasteiger partial charge in [-0.05, 0) is 45.4 Å². The lowest BCUT2D eigenvalue weighted by molar-refractivity contribution is 0.0938. The zero-order chi connectivity index (χ0) is 18.1. The van der Waals surface area contributed by atoms with E-state index in [0.717, 1.165) is 23.1 Å². The van der Waals surface area contributed by atoms with Gasteiger partial charge in [-0.15, -0.1) is 0 Å². The van der Waals surface area contributed by atoms with Crippen molar-refractivity contribution in [3.05, 3.63) is 52.5 Å². The molecule has 1 unspecified atom stereocenters. The fraction of sp³-hybridized carbons (Fsp3) is 0.353. The van der Waals surface area contributed by atoms with Crippen molar-refractivity contribution in [3.63, 3.8) is 0 Å². The predicted octanol–water partition coefficient (Wildman–Crippen LogP) is 3.07. The van der Waals surface area contributed by atoms with E-state index in [1.54, 1.807) is 25.1 Å². The van der Waals surface area contributed by atoms with Gasteiger partial charge in [-0.1, -0.05) is 12.1 Å². The Morgan fingerprint density at radius 3 is 2.38 bits per heavy atom. The van der Waals surface area contributed by atoms with E-state index in [-0.39, 0.29) is 11.9 Å². The van der Waals surface area contributed by atoms with Gasteiger partial charge in [0, 0.05) is 11.3 Å². The molecule has 2 rings (SSSR count). The molecule has 2 N–H and O–H groups in total. The molecule has 130 valence electrons. The van der Waals surface area contributed by atoms with E-state index in [1.807, 2.05) is 26.8 Å². The third-order valence-corrected chi connectivity index (χ3v) is 4.43. The Morgan fingerprint density at radius 1 is 1.17 bits per heavy atom. The Labute approximate surface area is 142 Å². The molecular weight excluding hydrogens is 328 g/mol. The summed E-state index contributed by atoms with van der Waals surface area (Å²) >= 11 is 0. The number of hydrogen-bond acceptors (Lipinski definition) is 4. The second-order valence-corrected chi connectivity index (χ2v) is 7.66. The standard InChI is InChI=1S/C17H22N2O4S/c1-10-12(3)23-13(4)16(10)17(20)18-11(2)14-7-6-8-15(9-14)19-24(5,21)22/h6-9,11,19H,1-5H3,(H,18,20). The van der Waals surface area contributed by atoms with Crippen LogP contribution in [0.3, 0.4) is 0 Å². The van der Waals surface area contributed by atoms with E-state index in [9.17, 15) is 13.2 Å². The summed E-state index contributed by atoms with van der Waals surface area (Å²) in [6.07, 6.45) is 1.09. The molecule has 0 aliphatic carbocycles. The van der Waals surface area contributed by atoms with Crippen LogP contribution in [0.25, 0.3) is 0 Å². The molecule has 0 saturated carbocycles. The second-order valence-electron chi connectivity index (χ2n) is 5.91. The number of rotatable bonds is 5. The molecular formula is C17H22N2O4S. The van der Waals surface area contributed by atoms with Gasteiger partial charge in [0.1, 0.15) is 11.5 Å². The highest BCUT2D eigenvalue weighted by molar-refractivity contribution is 7.92. The van der Waals surface area contributed by atoms with Gasteiger partial charge in [-0.25, -0.2) is 8.42 Å². The molecule has 0 aliphatic heterocycles. The van der Waals surface area contributed by atoms with Crippen molar-refractivity contribution < 1.29 is 17.6 Å². The van der Waals surface area contributed by atoms with Gasteiger partial charge in [-0.2, -0.15) is 0 Å². The lowest BCUT2D eigenvalue weighted by atomic mass is 10.1. The number of hydrogen-bond donors (Lipinski definition) is 2. The summed E-state index contributed by atoms with van der Waals surface area (Å²) in [5.74, 6) is 1.10. The summed E-state index contributed by atoms with van der Waals surface area (Å²) in [7, 11) is -3.34. The Bertz CT molecular complexity index is 869. The second kappa shape index (κ2) is 6.68. The number of amides is 1. The highest BCUT2D eigenvalue weighted by Crippen LogP contribution is 2.23.